The highest BCUT2D eigenvalue weighted by atomic mass is 35.5. The maximum absolute atomic E-state index is 6.34. The minimum atomic E-state index is 0.110. The first-order valence-corrected chi connectivity index (χ1v) is 8.69. The van der Waals surface area contributed by atoms with E-state index < -0.39 is 0 Å². The monoisotopic (exact) mass is 364 g/mol. The van der Waals surface area contributed by atoms with Gasteiger partial charge in [-0.25, -0.2) is 0 Å². The van der Waals surface area contributed by atoms with Crippen LogP contribution < -0.4 is 54.6 Å². The lowest BCUT2D eigenvalue weighted by Gasteiger charge is -2.24. The molecule has 29 heavy (non-hydrogen) atoms. The molecule has 0 saturated carbocycles. The van der Waals surface area contributed by atoms with Gasteiger partial charge in [0.15, 0.2) is 0 Å². The molecule has 0 nitrogen and oxygen atoms in total. The van der Waals surface area contributed by atoms with Gasteiger partial charge in [-0.05, 0) is 40.5 Å². The minimum Gasteiger partial charge on any atom is -0.112 e. The SMILES string of the molecule is [B]c1c([B])c([B])c(-c2cc(Cl)cc(-c3c([B])c([B])c([B])c([B])c3[B])c2)c([B])c1[B]. The van der Waals surface area contributed by atoms with E-state index in [4.69, 9.17) is 90.1 Å². The molecule has 0 aliphatic carbocycles. The van der Waals surface area contributed by atoms with E-state index in [-0.39, 0.29) is 54.6 Å². The average Bonchev–Trinajstić information content (AvgIpc) is 2.67. The van der Waals surface area contributed by atoms with E-state index in [1.54, 1.807) is 18.2 Å². The summed E-state index contributed by atoms with van der Waals surface area (Å²) in [7, 11) is 60.3. The van der Waals surface area contributed by atoms with Gasteiger partial charge in [0.05, 0.1) is 0 Å². The summed E-state index contributed by atoms with van der Waals surface area (Å²) in [6.45, 7) is 0. The number of hydrogen-bond acceptors (Lipinski definition) is 0. The molecule has 20 radical (unpaired) electrons. The molecule has 0 spiro atoms. The first kappa shape index (κ1) is 22.3. The molecule has 3 aromatic carbocycles. The first-order valence-electron chi connectivity index (χ1n) is 8.31. The van der Waals surface area contributed by atoms with E-state index in [2.05, 4.69) is 0 Å². The summed E-state index contributed by atoms with van der Waals surface area (Å²) in [5.74, 6) is 0. The zero-order valence-electron chi connectivity index (χ0n) is 15.4. The van der Waals surface area contributed by atoms with Crippen molar-refractivity contribution in [2.45, 2.75) is 0 Å². The Labute approximate surface area is 189 Å². The van der Waals surface area contributed by atoms with Crippen molar-refractivity contribution in [3.63, 3.8) is 0 Å². The van der Waals surface area contributed by atoms with Crippen LogP contribution in [0.2, 0.25) is 5.02 Å². The van der Waals surface area contributed by atoms with Gasteiger partial charge < -0.3 is 0 Å². The van der Waals surface area contributed by atoms with Gasteiger partial charge in [0.1, 0.15) is 78.5 Å². The maximum atomic E-state index is 6.34. The van der Waals surface area contributed by atoms with E-state index in [1.165, 1.54) is 0 Å². The molecule has 0 aliphatic rings. The van der Waals surface area contributed by atoms with Crippen LogP contribution in [0.5, 0.6) is 0 Å². The van der Waals surface area contributed by atoms with Crippen molar-refractivity contribution in [2.24, 2.45) is 0 Å². The van der Waals surface area contributed by atoms with Crippen LogP contribution in [-0.2, 0) is 0 Å². The van der Waals surface area contributed by atoms with Crippen molar-refractivity contribution in [2.75, 3.05) is 0 Å². The van der Waals surface area contributed by atoms with E-state index in [0.29, 0.717) is 27.3 Å². The highest BCUT2D eigenvalue weighted by molar-refractivity contribution is 6.70. The molecule has 0 N–H and O–H groups in total. The molecule has 0 unspecified atom stereocenters. The van der Waals surface area contributed by atoms with E-state index in [1.807, 2.05) is 0 Å². The van der Waals surface area contributed by atoms with Crippen molar-refractivity contribution < 1.29 is 0 Å². The van der Waals surface area contributed by atoms with Crippen LogP contribution in [-0.4, -0.2) is 78.5 Å². The van der Waals surface area contributed by atoms with Crippen molar-refractivity contribution in [1.82, 2.24) is 0 Å². The van der Waals surface area contributed by atoms with E-state index in [0.717, 1.165) is 0 Å². The fraction of sp³-hybridized carbons (Fsp3) is 0. The molecule has 112 valence electrons. The highest BCUT2D eigenvalue weighted by Crippen LogP contribution is 2.26. The Morgan fingerprint density at radius 2 is 0.621 bits per heavy atom. The third-order valence-electron chi connectivity index (χ3n) is 4.87. The Kier molecular flexibility index (Phi) is 6.17. The van der Waals surface area contributed by atoms with E-state index >= 15 is 0 Å². The molecule has 0 aliphatic heterocycles. The summed E-state index contributed by atoms with van der Waals surface area (Å²) in [6.07, 6.45) is 0. The second kappa shape index (κ2) is 8.03. The van der Waals surface area contributed by atoms with Crippen molar-refractivity contribution in [3.05, 3.63) is 23.2 Å². The van der Waals surface area contributed by atoms with Crippen LogP contribution in [0.25, 0.3) is 22.3 Å². The van der Waals surface area contributed by atoms with Crippen LogP contribution in [0, 0.1) is 0 Å². The molecule has 0 saturated heterocycles. The van der Waals surface area contributed by atoms with Crippen LogP contribution in [0.4, 0.5) is 0 Å². The van der Waals surface area contributed by atoms with Gasteiger partial charge in [0, 0.05) is 5.02 Å². The molecular formula is C18H3B10Cl. The van der Waals surface area contributed by atoms with Gasteiger partial charge in [0.25, 0.3) is 0 Å². The third kappa shape index (κ3) is 3.63. The molecular weight excluding hydrogens is 360 g/mol. The van der Waals surface area contributed by atoms with Gasteiger partial charge in [-0.3, -0.25) is 0 Å². The lowest BCUT2D eigenvalue weighted by molar-refractivity contribution is 1.67. The molecule has 11 heteroatoms. The zero-order valence-corrected chi connectivity index (χ0v) is 16.1. The molecule has 0 bridgehead atoms. The fourth-order valence-electron chi connectivity index (χ4n) is 3.20. The van der Waals surface area contributed by atoms with Gasteiger partial charge >= 0.3 is 0 Å². The van der Waals surface area contributed by atoms with E-state index in [9.17, 15) is 0 Å². The normalized spacial score (nSPS) is 10.9. The smallest absolute Gasteiger partial charge is 0.112 e. The zero-order chi connectivity index (χ0) is 21.8. The predicted octanol–water partition coefficient (Wildman–Crippen LogP) is -6.39. The van der Waals surface area contributed by atoms with Gasteiger partial charge in [-0.2, -0.15) is 0 Å². The van der Waals surface area contributed by atoms with Gasteiger partial charge in [-0.15, -0.1) is 32.8 Å². The predicted molar refractivity (Wildman–Crippen MR) is 136 cm³/mol. The fourth-order valence-corrected chi connectivity index (χ4v) is 3.43. The Morgan fingerprint density at radius 3 is 0.897 bits per heavy atom. The number of benzene rings is 3. The number of hydrogen-bond donors (Lipinski definition) is 0. The Morgan fingerprint density at radius 1 is 0.379 bits per heavy atom. The van der Waals surface area contributed by atoms with Crippen LogP contribution in [0.1, 0.15) is 0 Å². The summed E-state index contributed by atoms with van der Waals surface area (Å²) in [5.41, 5.74) is 3.17. The maximum Gasteiger partial charge on any atom is 0.113 e. The topological polar surface area (TPSA) is 0 Å². The number of halogens is 1. The lowest BCUT2D eigenvalue weighted by atomic mass is 9.59. The largest absolute Gasteiger partial charge is 0.113 e. The molecule has 3 rings (SSSR count). The lowest BCUT2D eigenvalue weighted by Crippen LogP contribution is -2.55. The summed E-state index contributed by atoms with van der Waals surface area (Å²) in [4.78, 5) is 0. The summed E-state index contributed by atoms with van der Waals surface area (Å²) >= 11 is 6.34. The summed E-state index contributed by atoms with van der Waals surface area (Å²) < 4.78 is 0. The highest BCUT2D eigenvalue weighted by Gasteiger charge is 2.16. The Balaban J connectivity index is 2.37. The molecule has 0 amide bonds. The average molecular weight is 363 g/mol. The molecule has 3 aromatic rings. The van der Waals surface area contributed by atoms with Crippen LogP contribution in [0.15, 0.2) is 18.2 Å². The van der Waals surface area contributed by atoms with Crippen LogP contribution in [0.3, 0.4) is 0 Å². The van der Waals surface area contributed by atoms with Gasteiger partial charge in [0.2, 0.25) is 0 Å². The van der Waals surface area contributed by atoms with Crippen LogP contribution >= 0.6 is 11.6 Å². The quantitative estimate of drug-likeness (QED) is 0.398. The molecule has 0 fully saturated rings. The third-order valence-corrected chi connectivity index (χ3v) is 5.09. The van der Waals surface area contributed by atoms with Gasteiger partial charge in [-0.1, -0.05) is 33.5 Å². The molecule has 0 atom stereocenters. The second-order valence-corrected chi connectivity index (χ2v) is 7.05. The van der Waals surface area contributed by atoms with Crippen molar-refractivity contribution in [3.8, 4) is 22.3 Å². The van der Waals surface area contributed by atoms with Crippen molar-refractivity contribution >= 4 is 145 Å². The number of rotatable bonds is 2. The molecule has 0 heterocycles. The standard InChI is InChI=1S/C18H3B10Cl/c19-9-7(10(20)14(24)17(27)13(9)23)4-1-5(3-6(29)2-4)8-11(21)15(25)18(28)16(26)12(8)22/h1-3H. The Bertz CT molecular complexity index is 1030. The second-order valence-electron chi connectivity index (χ2n) is 6.62. The summed E-state index contributed by atoms with van der Waals surface area (Å²) in [6, 6.07) is 4.98. The minimum absolute atomic E-state index is 0.110. The Hall–Kier alpha value is -1.40. The van der Waals surface area contributed by atoms with Crippen molar-refractivity contribution in [1.29, 1.82) is 0 Å². The first-order chi connectivity index (χ1) is 13.5. The summed E-state index contributed by atoms with van der Waals surface area (Å²) in [5, 5.41) is 0.345. The molecule has 0 aromatic heterocycles.